The quantitative estimate of drug-likeness (QED) is 0.514. The largest absolute Gasteiger partial charge is 0.461 e. The number of ether oxygens (including phenoxy) is 2. The Morgan fingerprint density at radius 1 is 1.12 bits per heavy atom. The first-order chi connectivity index (χ1) is 16.5. The van der Waals surface area contributed by atoms with Crippen LogP contribution in [0.25, 0.3) is 22.4 Å². The Morgan fingerprint density at radius 2 is 1.82 bits per heavy atom. The average Bonchev–Trinajstić information content (AvgIpc) is 3.25. The van der Waals surface area contributed by atoms with Gasteiger partial charge >= 0.3 is 0 Å². The molecule has 2 fully saturated rings. The van der Waals surface area contributed by atoms with Gasteiger partial charge in [-0.3, -0.25) is 9.80 Å². The van der Waals surface area contributed by atoms with Gasteiger partial charge < -0.3 is 24.5 Å². The summed E-state index contributed by atoms with van der Waals surface area (Å²) in [7, 11) is 3.74. The number of imidazole rings is 1. The number of piperidine rings is 1. The number of aromatic nitrogens is 3. The number of nitrogens with one attached hydrogen (secondary N) is 1. The van der Waals surface area contributed by atoms with Crippen molar-refractivity contribution in [2.45, 2.75) is 25.3 Å². The van der Waals surface area contributed by atoms with Gasteiger partial charge in [0.15, 0.2) is 12.0 Å². The molecule has 1 atom stereocenters. The molecule has 34 heavy (non-hydrogen) atoms. The third kappa shape index (κ3) is 4.99. The summed E-state index contributed by atoms with van der Waals surface area (Å²) in [6, 6.07) is 10.6. The highest BCUT2D eigenvalue weighted by Gasteiger charge is 2.26. The molecule has 10 heteroatoms. The van der Waals surface area contributed by atoms with E-state index in [2.05, 4.69) is 27.0 Å². The molecule has 9 nitrogen and oxygen atoms in total. The van der Waals surface area contributed by atoms with E-state index in [1.165, 1.54) is 5.69 Å². The topological polar surface area (TPSA) is 90.0 Å². The van der Waals surface area contributed by atoms with E-state index in [4.69, 9.17) is 26.1 Å². The number of aromatic amines is 1. The second-order valence-electron chi connectivity index (χ2n) is 9.04. The molecule has 3 aromatic rings. The van der Waals surface area contributed by atoms with Crippen LogP contribution in [0.4, 0.5) is 5.69 Å². The van der Waals surface area contributed by atoms with Gasteiger partial charge in [-0.15, -0.1) is 0 Å². The molecule has 5 rings (SSSR count). The molecule has 2 N–H and O–H groups in total. The normalized spacial score (nSPS) is 19.1. The van der Waals surface area contributed by atoms with Crippen LogP contribution in [0.5, 0.6) is 6.01 Å². The van der Waals surface area contributed by atoms with Crippen molar-refractivity contribution in [3.63, 3.8) is 0 Å². The summed E-state index contributed by atoms with van der Waals surface area (Å²) in [4.78, 5) is 18.6. The van der Waals surface area contributed by atoms with E-state index in [0.29, 0.717) is 22.4 Å². The maximum Gasteiger partial charge on any atom is 0.296 e. The van der Waals surface area contributed by atoms with Crippen LogP contribution in [0.15, 0.2) is 30.3 Å². The molecular formula is C24H31ClN6O3. The molecule has 0 amide bonds. The van der Waals surface area contributed by atoms with E-state index in [9.17, 15) is 5.11 Å². The van der Waals surface area contributed by atoms with Gasteiger partial charge in [0, 0.05) is 37.4 Å². The van der Waals surface area contributed by atoms with Crippen molar-refractivity contribution in [2.75, 3.05) is 58.4 Å². The number of fused-ring (bicyclic) bond motifs is 1. The van der Waals surface area contributed by atoms with Crippen LogP contribution in [0.1, 0.15) is 12.8 Å². The number of aliphatic hydroxyl groups is 1. The fourth-order valence-corrected chi connectivity index (χ4v) is 4.78. The van der Waals surface area contributed by atoms with Gasteiger partial charge in [-0.25, -0.2) is 4.98 Å². The second kappa shape index (κ2) is 10.1. The number of morpholine rings is 1. The number of aliphatic hydroxyl groups excluding tert-OH is 1. The number of hydrogen-bond acceptors (Lipinski definition) is 8. The molecule has 0 aliphatic carbocycles. The molecule has 0 spiro atoms. The minimum absolute atomic E-state index is 0.0360. The molecule has 0 radical (unpaired) electrons. The highest BCUT2D eigenvalue weighted by atomic mass is 35.5. The summed E-state index contributed by atoms with van der Waals surface area (Å²) in [5.41, 5.74) is 4.14. The summed E-state index contributed by atoms with van der Waals surface area (Å²) in [6.45, 7) is 4.84. The fraction of sp³-hybridized carbons (Fsp3) is 0.500. The standard InChI is InChI=1S/C24H31ClN6O3/c1-29(2)24(32)31-9-7-18(8-10-31)34-23-26-20-15-19(25)21(27-22(20)28-23)16-3-5-17(6-4-16)30-11-13-33-14-12-30/h3-6,15,18,24,32H,7-14H2,1-2H3,(H,26,27,28). The molecule has 2 aliphatic rings. The Kier molecular flexibility index (Phi) is 6.89. The zero-order chi connectivity index (χ0) is 23.7. The van der Waals surface area contributed by atoms with Gasteiger partial charge in [0.25, 0.3) is 6.01 Å². The Morgan fingerprint density at radius 3 is 2.50 bits per heavy atom. The van der Waals surface area contributed by atoms with Gasteiger partial charge in [-0.1, -0.05) is 23.7 Å². The van der Waals surface area contributed by atoms with Crippen LogP contribution in [0, 0.1) is 0 Å². The van der Waals surface area contributed by atoms with Gasteiger partial charge in [-0.2, -0.15) is 4.98 Å². The predicted octanol–water partition coefficient (Wildman–Crippen LogP) is 2.80. The number of H-pyrrole nitrogens is 1. The molecule has 1 unspecified atom stereocenters. The monoisotopic (exact) mass is 486 g/mol. The predicted molar refractivity (Wildman–Crippen MR) is 132 cm³/mol. The molecule has 2 aliphatic heterocycles. The number of likely N-dealkylation sites (tertiary alicyclic amines) is 1. The number of anilines is 1. The minimum Gasteiger partial charge on any atom is -0.461 e. The van der Waals surface area contributed by atoms with Crippen molar-refractivity contribution in [1.82, 2.24) is 24.8 Å². The maximum absolute atomic E-state index is 10.2. The summed E-state index contributed by atoms with van der Waals surface area (Å²) < 4.78 is 11.6. The van der Waals surface area contributed by atoms with Crippen LogP contribution < -0.4 is 9.64 Å². The lowest BCUT2D eigenvalue weighted by atomic mass is 10.1. The lowest BCUT2D eigenvalue weighted by Gasteiger charge is -2.37. The molecule has 0 bridgehead atoms. The number of nitrogens with zero attached hydrogens (tertiary/aromatic N) is 5. The fourth-order valence-electron chi connectivity index (χ4n) is 4.51. The lowest BCUT2D eigenvalue weighted by molar-refractivity contribution is -0.106. The lowest BCUT2D eigenvalue weighted by Crippen LogP contribution is -2.50. The van der Waals surface area contributed by atoms with Crippen molar-refractivity contribution in [3.05, 3.63) is 35.4 Å². The van der Waals surface area contributed by atoms with Gasteiger partial charge in [0.1, 0.15) is 6.10 Å². The van der Waals surface area contributed by atoms with Crippen LogP contribution in [0.2, 0.25) is 5.02 Å². The first-order valence-electron chi connectivity index (χ1n) is 11.7. The number of hydrogen-bond donors (Lipinski definition) is 2. The number of rotatable bonds is 6. The third-order valence-corrected chi connectivity index (χ3v) is 6.75. The van der Waals surface area contributed by atoms with E-state index in [1.54, 1.807) is 4.90 Å². The first kappa shape index (κ1) is 23.3. The van der Waals surface area contributed by atoms with Crippen LogP contribution in [0.3, 0.4) is 0 Å². The molecule has 2 saturated heterocycles. The Bertz CT molecular complexity index is 1110. The molecule has 0 saturated carbocycles. The molecule has 1 aromatic carbocycles. The van der Waals surface area contributed by atoms with Crippen molar-refractivity contribution in [1.29, 1.82) is 0 Å². The van der Waals surface area contributed by atoms with E-state index < -0.39 is 6.35 Å². The van der Waals surface area contributed by atoms with Crippen LogP contribution >= 0.6 is 11.6 Å². The summed E-state index contributed by atoms with van der Waals surface area (Å²) in [5.74, 6) is 0. The molecule has 2 aromatic heterocycles. The second-order valence-corrected chi connectivity index (χ2v) is 9.45. The highest BCUT2D eigenvalue weighted by Crippen LogP contribution is 2.31. The van der Waals surface area contributed by atoms with E-state index in [1.807, 2.05) is 37.2 Å². The smallest absolute Gasteiger partial charge is 0.296 e. The summed E-state index contributed by atoms with van der Waals surface area (Å²) >= 11 is 6.59. The SMILES string of the molecule is CN(C)C(O)N1CCC(Oc2nc3nc(-c4ccc(N5CCOCC5)cc4)c(Cl)cc3[nH]2)CC1. The summed E-state index contributed by atoms with van der Waals surface area (Å²) in [5, 5.41) is 10.8. The average molecular weight is 487 g/mol. The number of halogens is 1. The Labute approximate surface area is 204 Å². The molecule has 4 heterocycles. The van der Waals surface area contributed by atoms with Gasteiger partial charge in [0.05, 0.1) is 29.4 Å². The van der Waals surface area contributed by atoms with Crippen LogP contribution in [-0.2, 0) is 4.74 Å². The van der Waals surface area contributed by atoms with Crippen molar-refractivity contribution < 1.29 is 14.6 Å². The molecular weight excluding hydrogens is 456 g/mol. The number of pyridine rings is 1. The Balaban J connectivity index is 1.28. The minimum atomic E-state index is -0.570. The first-order valence-corrected chi connectivity index (χ1v) is 12.1. The third-order valence-electron chi connectivity index (χ3n) is 6.47. The maximum atomic E-state index is 10.2. The van der Waals surface area contributed by atoms with Crippen molar-refractivity contribution in [2.24, 2.45) is 0 Å². The van der Waals surface area contributed by atoms with E-state index in [-0.39, 0.29) is 6.10 Å². The molecule has 182 valence electrons. The summed E-state index contributed by atoms with van der Waals surface area (Å²) in [6.07, 6.45) is 1.10. The number of benzene rings is 1. The zero-order valence-electron chi connectivity index (χ0n) is 19.6. The van der Waals surface area contributed by atoms with E-state index >= 15 is 0 Å². The van der Waals surface area contributed by atoms with Gasteiger partial charge in [0.2, 0.25) is 0 Å². The van der Waals surface area contributed by atoms with Crippen molar-refractivity contribution >= 4 is 28.5 Å². The van der Waals surface area contributed by atoms with E-state index in [0.717, 1.165) is 63.3 Å². The zero-order valence-corrected chi connectivity index (χ0v) is 20.3. The van der Waals surface area contributed by atoms with Crippen molar-refractivity contribution in [3.8, 4) is 17.3 Å². The highest BCUT2D eigenvalue weighted by molar-refractivity contribution is 6.33. The van der Waals surface area contributed by atoms with Gasteiger partial charge in [-0.05, 0) is 45.1 Å². The Hall–Kier alpha value is -2.43. The van der Waals surface area contributed by atoms with Crippen LogP contribution in [-0.4, -0.2) is 95.8 Å².